The second kappa shape index (κ2) is 24.2. The monoisotopic (exact) mass is 616 g/mol. The molecule has 0 fully saturated rings. The first-order chi connectivity index (χ1) is 20.3. The average molecular weight is 617 g/mol. The summed E-state index contributed by atoms with van der Waals surface area (Å²) in [5, 5.41) is 53.7. The molecule has 0 atom stereocenters. The van der Waals surface area contributed by atoms with Crippen molar-refractivity contribution in [3.63, 3.8) is 0 Å². The smallest absolute Gasteiger partial charge is 0.234 e. The molecule has 0 bridgehead atoms. The first kappa shape index (κ1) is 39.7. The molecule has 0 aromatic heterocycles. The Hall–Kier alpha value is -3.26. The van der Waals surface area contributed by atoms with Gasteiger partial charge in [-0.1, -0.05) is 0 Å². The predicted molar refractivity (Wildman–Crippen MR) is 144 cm³/mol. The van der Waals surface area contributed by atoms with E-state index < -0.39 is 56.0 Å². The Kier molecular flexibility index (Phi) is 22.4. The van der Waals surface area contributed by atoms with Gasteiger partial charge in [-0.15, -0.1) is 0 Å². The van der Waals surface area contributed by atoms with E-state index in [1.165, 1.54) is 26.5 Å². The number of carbonyl (C=O) groups excluding carboxylic acids is 6. The van der Waals surface area contributed by atoms with E-state index in [1.54, 1.807) is 0 Å². The number of carboxylic acids is 4. The molecule has 0 aromatic carbocycles. The standard InChI is InChI=1S/C25H48N8O10/c1-20(34)14-32(18-24(40)41)12-10-30(16-22(36)37)8-9-31(17-23(38)39)11-13-33(19-25(42)43)15-21(35)29-7-6-28-5-4-27-3-2-26/h27-28H,2-19,26H2,1H3,(H,29,35)(H,36,37)(H,38,39)(H,40,41)(H,42,43)/p-4. The maximum Gasteiger partial charge on any atom is 0.234 e. The van der Waals surface area contributed by atoms with Crippen molar-refractivity contribution in [2.75, 3.05) is 118 Å². The van der Waals surface area contributed by atoms with E-state index in [2.05, 4.69) is 16.0 Å². The zero-order chi connectivity index (χ0) is 32.6. The zero-order valence-corrected chi connectivity index (χ0v) is 24.7. The summed E-state index contributed by atoms with van der Waals surface area (Å²) in [5.74, 6) is -6.44. The van der Waals surface area contributed by atoms with Crippen LogP contribution in [-0.2, 0) is 28.8 Å². The number of aliphatic carboxylic acids is 4. The van der Waals surface area contributed by atoms with Crippen molar-refractivity contribution >= 4 is 35.6 Å². The number of nitrogens with two attached hydrogens (primary N) is 1. The summed E-state index contributed by atoms with van der Waals surface area (Å²) >= 11 is 0. The quantitative estimate of drug-likeness (QED) is 0.0568. The second-order valence-corrected chi connectivity index (χ2v) is 9.80. The minimum Gasteiger partial charge on any atom is -0.549 e. The van der Waals surface area contributed by atoms with E-state index in [9.17, 15) is 49.2 Å². The highest BCUT2D eigenvalue weighted by Crippen LogP contribution is 1.98. The largest absolute Gasteiger partial charge is 0.549 e. The van der Waals surface area contributed by atoms with Crippen molar-refractivity contribution < 1.29 is 49.2 Å². The minimum absolute atomic E-state index is 0.00557. The van der Waals surface area contributed by atoms with Gasteiger partial charge in [0, 0.05) is 105 Å². The first-order valence-electron chi connectivity index (χ1n) is 13.9. The maximum absolute atomic E-state index is 12.3. The van der Waals surface area contributed by atoms with E-state index in [4.69, 9.17) is 5.73 Å². The molecule has 0 spiro atoms. The molecule has 0 saturated carbocycles. The molecule has 0 aliphatic heterocycles. The highest BCUT2D eigenvalue weighted by molar-refractivity contribution is 5.79. The van der Waals surface area contributed by atoms with Crippen LogP contribution in [-0.4, -0.2) is 173 Å². The van der Waals surface area contributed by atoms with Gasteiger partial charge >= 0.3 is 0 Å². The van der Waals surface area contributed by atoms with Gasteiger partial charge in [0.15, 0.2) is 0 Å². The van der Waals surface area contributed by atoms with Crippen LogP contribution in [0.15, 0.2) is 0 Å². The third-order valence-electron chi connectivity index (χ3n) is 5.85. The van der Waals surface area contributed by atoms with Crippen LogP contribution in [0.3, 0.4) is 0 Å². The molecule has 0 aromatic rings. The number of Topliss-reactive ketones (excluding diaryl/α,β-unsaturated/α-hetero) is 1. The number of nitrogens with one attached hydrogen (secondary N) is 3. The molecule has 248 valence electrons. The molecule has 0 unspecified atom stereocenters. The fourth-order valence-electron chi connectivity index (χ4n) is 3.94. The molecule has 0 aliphatic rings. The number of nitrogens with zero attached hydrogens (tertiary/aromatic N) is 4. The van der Waals surface area contributed by atoms with Gasteiger partial charge in [0.25, 0.3) is 0 Å². The Balaban J connectivity index is 5.03. The van der Waals surface area contributed by atoms with Crippen molar-refractivity contribution in [1.29, 1.82) is 0 Å². The van der Waals surface area contributed by atoms with Crippen molar-refractivity contribution in [3.05, 3.63) is 0 Å². The van der Waals surface area contributed by atoms with E-state index in [0.717, 1.165) is 0 Å². The molecule has 43 heavy (non-hydrogen) atoms. The van der Waals surface area contributed by atoms with Gasteiger partial charge < -0.3 is 61.3 Å². The number of amides is 1. The topological polar surface area (TPSA) is 270 Å². The van der Waals surface area contributed by atoms with Gasteiger partial charge in [0.05, 0.1) is 37.0 Å². The summed E-state index contributed by atoms with van der Waals surface area (Å²) in [6.07, 6.45) is 0. The Bertz CT molecular complexity index is 863. The van der Waals surface area contributed by atoms with Gasteiger partial charge in [-0.2, -0.15) is 0 Å². The van der Waals surface area contributed by atoms with Crippen LogP contribution in [0.4, 0.5) is 0 Å². The fraction of sp³-hybridized carbons (Fsp3) is 0.760. The summed E-state index contributed by atoms with van der Waals surface area (Å²) in [6, 6.07) is 0. The molecular weight excluding hydrogens is 572 g/mol. The number of rotatable bonds is 29. The molecule has 0 heterocycles. The lowest BCUT2D eigenvalue weighted by molar-refractivity contribution is -0.308. The van der Waals surface area contributed by atoms with Crippen LogP contribution in [0.1, 0.15) is 6.92 Å². The Morgan fingerprint density at radius 1 is 0.512 bits per heavy atom. The third kappa shape index (κ3) is 25.0. The predicted octanol–water partition coefficient (Wildman–Crippen LogP) is -9.96. The lowest BCUT2D eigenvalue weighted by atomic mass is 10.3. The van der Waals surface area contributed by atoms with E-state index in [0.29, 0.717) is 39.3 Å². The Labute approximate surface area is 251 Å². The molecule has 0 aliphatic carbocycles. The van der Waals surface area contributed by atoms with Gasteiger partial charge in [0.2, 0.25) is 5.91 Å². The zero-order valence-electron chi connectivity index (χ0n) is 24.7. The molecule has 18 heteroatoms. The lowest BCUT2D eigenvalue weighted by Crippen LogP contribution is -2.50. The maximum atomic E-state index is 12.3. The lowest BCUT2D eigenvalue weighted by Gasteiger charge is -2.31. The molecule has 0 rings (SSSR count). The van der Waals surface area contributed by atoms with Crippen LogP contribution < -0.4 is 42.1 Å². The molecule has 18 nitrogen and oxygen atoms in total. The molecule has 5 N–H and O–H groups in total. The van der Waals surface area contributed by atoms with Crippen LogP contribution >= 0.6 is 0 Å². The fourth-order valence-corrected chi connectivity index (χ4v) is 3.94. The van der Waals surface area contributed by atoms with Crippen LogP contribution in [0.5, 0.6) is 0 Å². The minimum atomic E-state index is -1.43. The summed E-state index contributed by atoms with van der Waals surface area (Å²) in [6.45, 7) is 1.95. The molecule has 0 saturated heterocycles. The summed E-state index contributed by atoms with van der Waals surface area (Å²) in [7, 11) is 0. The van der Waals surface area contributed by atoms with Crippen molar-refractivity contribution in [2.24, 2.45) is 5.73 Å². The van der Waals surface area contributed by atoms with Gasteiger partial charge in [0.1, 0.15) is 5.78 Å². The SMILES string of the molecule is CC(=O)CN(CCN(CCN(CCN(CC(=O)[O-])CC(=O)NCCNCCNCCN)CC(=O)[O-])CC(=O)[O-])CC(=O)[O-]. The Morgan fingerprint density at radius 2 is 0.860 bits per heavy atom. The third-order valence-corrected chi connectivity index (χ3v) is 5.85. The molecule has 1 amide bonds. The average Bonchev–Trinajstić information content (AvgIpc) is 2.88. The van der Waals surface area contributed by atoms with E-state index >= 15 is 0 Å². The van der Waals surface area contributed by atoms with Gasteiger partial charge in [-0.05, 0) is 6.92 Å². The van der Waals surface area contributed by atoms with Crippen LogP contribution in [0.2, 0.25) is 0 Å². The summed E-state index contributed by atoms with van der Waals surface area (Å²) < 4.78 is 0. The van der Waals surface area contributed by atoms with E-state index in [1.807, 2.05) is 0 Å². The van der Waals surface area contributed by atoms with Crippen LogP contribution in [0.25, 0.3) is 0 Å². The normalized spacial score (nSPS) is 11.4. The molecular formula is C25H44N8O10-4. The second-order valence-electron chi connectivity index (χ2n) is 9.80. The number of hydrogen-bond acceptors (Lipinski definition) is 17. The highest BCUT2D eigenvalue weighted by atomic mass is 16.4. The van der Waals surface area contributed by atoms with E-state index in [-0.39, 0.29) is 58.1 Å². The van der Waals surface area contributed by atoms with Crippen molar-refractivity contribution in [3.8, 4) is 0 Å². The number of ketones is 1. The number of hydrogen-bond donors (Lipinski definition) is 4. The van der Waals surface area contributed by atoms with Gasteiger partial charge in [-0.3, -0.25) is 29.2 Å². The number of carbonyl (C=O) groups is 6. The first-order valence-corrected chi connectivity index (χ1v) is 13.9. The summed E-state index contributed by atoms with van der Waals surface area (Å²) in [5.41, 5.74) is 5.38. The number of carboxylic acid groups (broad SMARTS) is 4. The van der Waals surface area contributed by atoms with Gasteiger partial charge in [-0.25, -0.2) is 0 Å². The van der Waals surface area contributed by atoms with Crippen molar-refractivity contribution in [1.82, 2.24) is 35.6 Å². The summed E-state index contributed by atoms with van der Waals surface area (Å²) in [4.78, 5) is 73.9. The molecule has 0 radical (unpaired) electrons. The van der Waals surface area contributed by atoms with Crippen molar-refractivity contribution in [2.45, 2.75) is 6.92 Å². The van der Waals surface area contributed by atoms with Crippen LogP contribution in [0, 0.1) is 0 Å². The Morgan fingerprint density at radius 3 is 1.26 bits per heavy atom. The highest BCUT2D eigenvalue weighted by Gasteiger charge is 2.16.